The zero-order valence-electron chi connectivity index (χ0n) is 10.5. The van der Waals surface area contributed by atoms with E-state index < -0.39 is 10.9 Å². The molecule has 1 heterocycles. The second-order valence-corrected chi connectivity index (χ2v) is 3.70. The van der Waals surface area contributed by atoms with Crippen molar-refractivity contribution in [2.45, 2.75) is 13.8 Å². The molecule has 1 aromatic rings. The van der Waals surface area contributed by atoms with E-state index in [1.54, 1.807) is 13.8 Å². The van der Waals surface area contributed by atoms with Crippen LogP contribution in [0.5, 0.6) is 0 Å². The molecule has 0 spiro atoms. The Morgan fingerprint density at radius 3 is 2.78 bits per heavy atom. The maximum Gasteiger partial charge on any atom is 0.325 e. The van der Waals surface area contributed by atoms with Gasteiger partial charge < -0.3 is 9.64 Å². The first-order valence-electron chi connectivity index (χ1n) is 5.42. The zero-order valence-corrected chi connectivity index (χ0v) is 10.5. The third kappa shape index (κ3) is 3.16. The van der Waals surface area contributed by atoms with E-state index in [1.807, 2.05) is 0 Å². The molecule has 98 valence electrons. The van der Waals surface area contributed by atoms with Crippen LogP contribution in [-0.4, -0.2) is 36.1 Å². The molecule has 0 amide bonds. The summed E-state index contributed by atoms with van der Waals surface area (Å²) in [4.78, 5) is 27.2. The van der Waals surface area contributed by atoms with Gasteiger partial charge in [0.15, 0.2) is 0 Å². The molecular weight excluding hydrogens is 238 g/mol. The lowest BCUT2D eigenvalue weighted by Gasteiger charge is -2.20. The number of aryl methyl sites for hydroxylation is 1. The van der Waals surface area contributed by atoms with E-state index in [0.29, 0.717) is 12.1 Å². The summed E-state index contributed by atoms with van der Waals surface area (Å²) >= 11 is 0. The van der Waals surface area contributed by atoms with Crippen molar-refractivity contribution in [2.24, 2.45) is 0 Å². The van der Waals surface area contributed by atoms with E-state index in [0.717, 1.165) is 0 Å². The number of ether oxygens (including phenoxy) is 1. The number of likely N-dealkylation sites (N-methyl/N-ethyl adjacent to an activating group) is 1. The summed E-state index contributed by atoms with van der Waals surface area (Å²) in [7, 11) is 1.27. The molecule has 1 rings (SSSR count). The van der Waals surface area contributed by atoms with Gasteiger partial charge in [-0.05, 0) is 19.4 Å². The summed E-state index contributed by atoms with van der Waals surface area (Å²) in [6.07, 6.45) is 1.53. The van der Waals surface area contributed by atoms with Crippen molar-refractivity contribution in [3.05, 3.63) is 27.9 Å². The number of nitrogens with zero attached hydrogens (tertiary/aromatic N) is 3. The normalized spacial score (nSPS) is 9.94. The highest BCUT2D eigenvalue weighted by Gasteiger charge is 2.22. The van der Waals surface area contributed by atoms with E-state index in [-0.39, 0.29) is 18.1 Å². The molecule has 0 aliphatic heterocycles. The van der Waals surface area contributed by atoms with Crippen LogP contribution in [0.4, 0.5) is 11.5 Å². The van der Waals surface area contributed by atoms with Crippen LogP contribution in [0.2, 0.25) is 0 Å². The van der Waals surface area contributed by atoms with Gasteiger partial charge in [-0.1, -0.05) is 0 Å². The second kappa shape index (κ2) is 5.95. The van der Waals surface area contributed by atoms with E-state index in [4.69, 9.17) is 0 Å². The molecule has 18 heavy (non-hydrogen) atoms. The number of rotatable bonds is 5. The van der Waals surface area contributed by atoms with Gasteiger partial charge in [-0.3, -0.25) is 14.9 Å². The lowest BCUT2D eigenvalue weighted by Crippen LogP contribution is -2.31. The number of pyridine rings is 1. The van der Waals surface area contributed by atoms with Crippen LogP contribution < -0.4 is 4.90 Å². The van der Waals surface area contributed by atoms with E-state index in [1.165, 1.54) is 24.3 Å². The highest BCUT2D eigenvalue weighted by molar-refractivity contribution is 5.76. The fourth-order valence-corrected chi connectivity index (χ4v) is 1.48. The smallest absolute Gasteiger partial charge is 0.325 e. The van der Waals surface area contributed by atoms with Crippen molar-refractivity contribution >= 4 is 17.5 Å². The lowest BCUT2D eigenvalue weighted by molar-refractivity contribution is -0.384. The summed E-state index contributed by atoms with van der Waals surface area (Å²) in [5.74, 6) is -0.285. The van der Waals surface area contributed by atoms with Gasteiger partial charge in [-0.15, -0.1) is 0 Å². The third-order valence-corrected chi connectivity index (χ3v) is 2.41. The Hall–Kier alpha value is -2.18. The first kappa shape index (κ1) is 13.9. The molecule has 0 bridgehead atoms. The molecule has 0 aromatic carbocycles. The molecule has 0 radical (unpaired) electrons. The van der Waals surface area contributed by atoms with Gasteiger partial charge >= 0.3 is 11.7 Å². The van der Waals surface area contributed by atoms with Crippen molar-refractivity contribution < 1.29 is 14.5 Å². The highest BCUT2D eigenvalue weighted by Crippen LogP contribution is 2.26. The molecule has 0 saturated heterocycles. The van der Waals surface area contributed by atoms with Gasteiger partial charge in [-0.25, -0.2) is 4.98 Å². The Bertz CT molecular complexity index is 462. The SMILES string of the molecule is CCN(CC(=O)OC)c1ncc(C)cc1[N+](=O)[O-]. The Labute approximate surface area is 105 Å². The van der Waals surface area contributed by atoms with Crippen LogP contribution in [0.3, 0.4) is 0 Å². The molecular formula is C11H15N3O4. The van der Waals surface area contributed by atoms with Crippen LogP contribution in [0.15, 0.2) is 12.3 Å². The Kier molecular flexibility index (Phi) is 4.59. The number of methoxy groups -OCH3 is 1. The van der Waals surface area contributed by atoms with Crippen molar-refractivity contribution in [1.82, 2.24) is 4.98 Å². The summed E-state index contributed by atoms with van der Waals surface area (Å²) in [6.45, 7) is 3.87. The number of anilines is 1. The molecule has 0 atom stereocenters. The van der Waals surface area contributed by atoms with E-state index in [9.17, 15) is 14.9 Å². The molecule has 0 saturated carbocycles. The Balaban J connectivity index is 3.12. The molecule has 0 fully saturated rings. The van der Waals surface area contributed by atoms with Gasteiger partial charge in [0.1, 0.15) is 6.54 Å². The number of esters is 1. The van der Waals surface area contributed by atoms with Gasteiger partial charge in [0, 0.05) is 18.8 Å². The Morgan fingerprint density at radius 2 is 2.28 bits per heavy atom. The van der Waals surface area contributed by atoms with Crippen molar-refractivity contribution in [3.63, 3.8) is 0 Å². The van der Waals surface area contributed by atoms with Crippen LogP contribution in [0.1, 0.15) is 12.5 Å². The number of carbonyl (C=O) groups excluding carboxylic acids is 1. The largest absolute Gasteiger partial charge is 0.468 e. The number of carbonyl (C=O) groups is 1. The predicted octanol–water partition coefficient (Wildman–Crippen LogP) is 1.30. The fourth-order valence-electron chi connectivity index (χ4n) is 1.48. The van der Waals surface area contributed by atoms with E-state index >= 15 is 0 Å². The topological polar surface area (TPSA) is 85.6 Å². The van der Waals surface area contributed by atoms with Crippen LogP contribution >= 0.6 is 0 Å². The minimum atomic E-state index is -0.505. The second-order valence-electron chi connectivity index (χ2n) is 3.70. The van der Waals surface area contributed by atoms with E-state index in [2.05, 4.69) is 9.72 Å². The molecule has 7 nitrogen and oxygen atoms in total. The highest BCUT2D eigenvalue weighted by atomic mass is 16.6. The Morgan fingerprint density at radius 1 is 1.61 bits per heavy atom. The number of hydrogen-bond donors (Lipinski definition) is 0. The molecule has 0 unspecified atom stereocenters. The standard InChI is InChI=1S/C11H15N3O4/c1-4-13(7-10(15)18-3)11-9(14(16)17)5-8(2)6-12-11/h5-6H,4,7H2,1-3H3. The average molecular weight is 253 g/mol. The van der Waals surface area contributed by atoms with Crippen molar-refractivity contribution in [3.8, 4) is 0 Å². The summed E-state index contributed by atoms with van der Waals surface area (Å²) in [5, 5.41) is 11.0. The molecule has 1 aromatic heterocycles. The van der Waals surface area contributed by atoms with Gasteiger partial charge in [0.05, 0.1) is 12.0 Å². The zero-order chi connectivity index (χ0) is 13.7. The maximum atomic E-state index is 11.2. The first-order chi connectivity index (χ1) is 8.49. The van der Waals surface area contributed by atoms with Gasteiger partial charge in [0.25, 0.3) is 0 Å². The minimum Gasteiger partial charge on any atom is -0.468 e. The lowest BCUT2D eigenvalue weighted by atomic mass is 10.2. The summed E-state index contributed by atoms with van der Waals surface area (Å²) in [6, 6.07) is 1.43. The van der Waals surface area contributed by atoms with Gasteiger partial charge in [-0.2, -0.15) is 0 Å². The summed E-state index contributed by atoms with van der Waals surface area (Å²) in [5.41, 5.74) is 0.584. The monoisotopic (exact) mass is 253 g/mol. The average Bonchev–Trinajstić information content (AvgIpc) is 2.35. The van der Waals surface area contributed by atoms with Crippen molar-refractivity contribution in [1.29, 1.82) is 0 Å². The fraction of sp³-hybridized carbons (Fsp3) is 0.455. The minimum absolute atomic E-state index is 0.0656. The van der Waals surface area contributed by atoms with Crippen LogP contribution in [0, 0.1) is 17.0 Å². The molecule has 0 aliphatic rings. The van der Waals surface area contributed by atoms with Crippen LogP contribution in [-0.2, 0) is 9.53 Å². The maximum absolute atomic E-state index is 11.2. The van der Waals surface area contributed by atoms with Gasteiger partial charge in [0.2, 0.25) is 5.82 Å². The van der Waals surface area contributed by atoms with Crippen molar-refractivity contribution in [2.75, 3.05) is 25.1 Å². The molecule has 0 N–H and O–H groups in total. The quantitative estimate of drug-likeness (QED) is 0.446. The molecule has 7 heteroatoms. The predicted molar refractivity (Wildman–Crippen MR) is 65.5 cm³/mol. The number of nitro groups is 1. The third-order valence-electron chi connectivity index (χ3n) is 2.41. The summed E-state index contributed by atoms with van der Waals surface area (Å²) < 4.78 is 4.55. The first-order valence-corrected chi connectivity index (χ1v) is 5.42. The van der Waals surface area contributed by atoms with Crippen LogP contribution in [0.25, 0.3) is 0 Å². The number of hydrogen-bond acceptors (Lipinski definition) is 6. The molecule has 0 aliphatic carbocycles. The number of aromatic nitrogens is 1.